The Labute approximate surface area is 355 Å². The molecule has 0 spiro atoms. The third kappa shape index (κ3) is 14.3. The number of nitrogens with one attached hydrogen (secondary N) is 6. The van der Waals surface area contributed by atoms with E-state index in [4.69, 9.17) is 5.73 Å². The topological polar surface area (TPSA) is 302 Å². The molecule has 1 saturated heterocycles. The Hall–Kier alpha value is -5.56. The van der Waals surface area contributed by atoms with Crippen molar-refractivity contribution in [3.8, 4) is 0 Å². The number of nitrogens with zero attached hydrogens (tertiary/aromatic N) is 1. The fraction of sp³-hybridized carbons (Fsp3) is 0.619. The molecule has 9 atom stereocenters. The number of hydrogen-bond donors (Lipinski definition) is 10. The van der Waals surface area contributed by atoms with Crippen LogP contribution >= 0.6 is 0 Å². The zero-order valence-corrected chi connectivity index (χ0v) is 36.0. The second-order valence-electron chi connectivity index (χ2n) is 16.8. The van der Waals surface area contributed by atoms with Gasteiger partial charge in [-0.1, -0.05) is 66.2 Å². The zero-order chi connectivity index (χ0) is 45.7. The molecule has 19 nitrogen and oxygen atoms in total. The van der Waals surface area contributed by atoms with Gasteiger partial charge in [-0.3, -0.25) is 33.6 Å². The number of amides is 6. The lowest BCUT2D eigenvalue weighted by molar-refractivity contribution is -0.150. The molecule has 19 heteroatoms. The second kappa shape index (κ2) is 22.9. The molecule has 0 saturated carbocycles. The third-order valence-corrected chi connectivity index (χ3v) is 10.8. The number of fused-ring (bicyclic) bond motifs is 1. The van der Waals surface area contributed by atoms with Gasteiger partial charge in [0.2, 0.25) is 35.4 Å². The summed E-state index contributed by atoms with van der Waals surface area (Å²) in [6, 6.07) is -2.00. The molecule has 1 aliphatic rings. The molecule has 1 aliphatic heterocycles. The molecule has 1 aromatic carbocycles. The third-order valence-electron chi connectivity index (χ3n) is 10.8. The van der Waals surface area contributed by atoms with Crippen LogP contribution in [-0.2, 0) is 44.8 Å². The molecule has 1 aromatic heterocycles. The number of carboxylic acid groups (broad SMARTS) is 2. The van der Waals surface area contributed by atoms with E-state index in [1.54, 1.807) is 45.2 Å². The molecular weight excluding hydrogens is 793 g/mol. The smallest absolute Gasteiger partial charge is 0.326 e. The summed E-state index contributed by atoms with van der Waals surface area (Å²) in [5, 5.41) is 43.1. The number of para-hydroxylation sites is 1. The van der Waals surface area contributed by atoms with E-state index in [-0.39, 0.29) is 44.1 Å². The normalized spacial score (nSPS) is 18.0. The Bertz CT molecular complexity index is 1880. The first-order valence-corrected chi connectivity index (χ1v) is 20.9. The van der Waals surface area contributed by atoms with Crippen molar-refractivity contribution in [1.82, 2.24) is 36.5 Å². The summed E-state index contributed by atoms with van der Waals surface area (Å²) >= 11 is 0. The van der Waals surface area contributed by atoms with Gasteiger partial charge in [0.25, 0.3) is 0 Å². The molecule has 1 fully saturated rings. The van der Waals surface area contributed by atoms with Gasteiger partial charge in [-0.25, -0.2) is 4.79 Å². The van der Waals surface area contributed by atoms with Crippen molar-refractivity contribution in [1.29, 1.82) is 0 Å². The lowest BCUT2D eigenvalue weighted by atomic mass is 9.96. The Morgan fingerprint density at radius 3 is 1.85 bits per heavy atom. The number of carboxylic acids is 2. The van der Waals surface area contributed by atoms with E-state index >= 15 is 0 Å². The number of rotatable bonds is 23. The standard InChI is InChI=1S/C42H64N8O11/c1-8-23(6)35(41(59)50-15-11-14-32(50)42(60)61)49-39(57)29(17-22(4)5)45-38(56)31(19-33(52)53)47-37(55)30(18-25-20-44-27-13-10-9-12-26(25)27)46-36(54)28(16-21(2)3)48-40(58)34(43)24(7)51/h9-10,12-13,20-24,28-32,34-35,44,51H,8,11,14-19,43H2,1-7H3,(H,45,56)(H,46,54)(H,47,55)(H,48,58)(H,49,57)(H,52,53)(H,60,61)/t23-,24+,28-,29-,30-,31-,32-,34-,35-/m0/s1. The van der Waals surface area contributed by atoms with Gasteiger partial charge in [0.1, 0.15) is 42.3 Å². The molecule has 6 amide bonds. The van der Waals surface area contributed by atoms with Crippen LogP contribution in [0.25, 0.3) is 10.9 Å². The Morgan fingerprint density at radius 2 is 1.30 bits per heavy atom. The number of hydrogen-bond acceptors (Lipinski definition) is 10. The van der Waals surface area contributed by atoms with E-state index in [0.29, 0.717) is 18.4 Å². The number of carbonyl (C=O) groups excluding carboxylic acids is 6. The molecule has 0 bridgehead atoms. The van der Waals surface area contributed by atoms with Gasteiger partial charge in [-0.05, 0) is 62.0 Å². The summed E-state index contributed by atoms with van der Waals surface area (Å²) in [5.74, 6) is -8.22. The summed E-state index contributed by atoms with van der Waals surface area (Å²) in [6.45, 7) is 12.3. The van der Waals surface area contributed by atoms with E-state index in [9.17, 15) is 53.7 Å². The van der Waals surface area contributed by atoms with Crippen LogP contribution in [0, 0.1) is 17.8 Å². The lowest BCUT2D eigenvalue weighted by Crippen LogP contribution is -2.61. The average Bonchev–Trinajstić information content (AvgIpc) is 3.85. The first kappa shape index (κ1) is 49.8. The minimum absolute atomic E-state index is 0.0507. The fourth-order valence-electron chi connectivity index (χ4n) is 7.23. The molecule has 11 N–H and O–H groups in total. The van der Waals surface area contributed by atoms with Crippen molar-refractivity contribution in [2.75, 3.05) is 6.54 Å². The van der Waals surface area contributed by atoms with Crippen molar-refractivity contribution in [2.45, 2.75) is 142 Å². The second-order valence-corrected chi connectivity index (χ2v) is 16.8. The quantitative estimate of drug-likeness (QED) is 0.0733. The van der Waals surface area contributed by atoms with Gasteiger partial charge >= 0.3 is 11.9 Å². The van der Waals surface area contributed by atoms with Gasteiger partial charge < -0.3 is 57.5 Å². The number of aromatic nitrogens is 1. The van der Waals surface area contributed by atoms with Crippen LogP contribution in [0.4, 0.5) is 0 Å². The Balaban J connectivity index is 1.93. The van der Waals surface area contributed by atoms with E-state index in [1.807, 2.05) is 26.8 Å². The van der Waals surface area contributed by atoms with Crippen LogP contribution in [-0.4, -0.2) is 128 Å². The summed E-state index contributed by atoms with van der Waals surface area (Å²) in [7, 11) is 0. The molecule has 2 aromatic rings. The highest BCUT2D eigenvalue weighted by atomic mass is 16.4. The highest BCUT2D eigenvalue weighted by molar-refractivity contribution is 5.98. The highest BCUT2D eigenvalue weighted by Gasteiger charge is 2.41. The first-order valence-electron chi connectivity index (χ1n) is 20.9. The lowest BCUT2D eigenvalue weighted by Gasteiger charge is -2.32. The average molecular weight is 857 g/mol. The first-order chi connectivity index (χ1) is 28.6. The highest BCUT2D eigenvalue weighted by Crippen LogP contribution is 2.23. The fourth-order valence-corrected chi connectivity index (χ4v) is 7.23. The number of aliphatic carboxylic acids is 2. The number of likely N-dealkylation sites (tertiary alicyclic amines) is 1. The van der Waals surface area contributed by atoms with Crippen molar-refractivity contribution < 1.29 is 53.7 Å². The number of benzene rings is 1. The molecule has 0 unspecified atom stereocenters. The maximum Gasteiger partial charge on any atom is 0.326 e. The van der Waals surface area contributed by atoms with Gasteiger partial charge in [0, 0.05) is 30.1 Å². The molecule has 0 radical (unpaired) electrons. The monoisotopic (exact) mass is 856 g/mol. The molecule has 61 heavy (non-hydrogen) atoms. The van der Waals surface area contributed by atoms with Crippen LogP contribution in [0.3, 0.4) is 0 Å². The van der Waals surface area contributed by atoms with Crippen LogP contribution in [0.1, 0.15) is 92.6 Å². The van der Waals surface area contributed by atoms with Crippen molar-refractivity contribution in [3.63, 3.8) is 0 Å². The molecule has 3 rings (SSSR count). The summed E-state index contributed by atoms with van der Waals surface area (Å²) in [6.07, 6.45) is 0.741. The van der Waals surface area contributed by atoms with E-state index < -0.39 is 108 Å². The van der Waals surface area contributed by atoms with Crippen LogP contribution < -0.4 is 32.3 Å². The van der Waals surface area contributed by atoms with E-state index in [0.717, 1.165) is 10.9 Å². The van der Waals surface area contributed by atoms with Gasteiger partial charge in [-0.2, -0.15) is 0 Å². The van der Waals surface area contributed by atoms with Crippen molar-refractivity contribution in [2.24, 2.45) is 23.5 Å². The molecule has 2 heterocycles. The number of aromatic amines is 1. The van der Waals surface area contributed by atoms with Crippen LogP contribution in [0.2, 0.25) is 0 Å². The zero-order valence-electron chi connectivity index (χ0n) is 36.0. The molecular formula is C42H64N8O11. The van der Waals surface area contributed by atoms with E-state index in [2.05, 4.69) is 31.6 Å². The van der Waals surface area contributed by atoms with Gasteiger partial charge in [0.05, 0.1) is 12.5 Å². The maximum atomic E-state index is 14.2. The van der Waals surface area contributed by atoms with Gasteiger partial charge in [-0.15, -0.1) is 0 Å². The molecule has 338 valence electrons. The number of aliphatic hydroxyl groups excluding tert-OH is 1. The number of carbonyl (C=O) groups is 8. The predicted molar refractivity (Wildman–Crippen MR) is 224 cm³/mol. The number of aliphatic hydroxyl groups is 1. The largest absolute Gasteiger partial charge is 0.481 e. The minimum atomic E-state index is -1.75. The van der Waals surface area contributed by atoms with E-state index in [1.165, 1.54) is 11.8 Å². The maximum absolute atomic E-state index is 14.2. The van der Waals surface area contributed by atoms with Crippen molar-refractivity contribution >= 4 is 58.3 Å². The van der Waals surface area contributed by atoms with Crippen molar-refractivity contribution in [3.05, 3.63) is 36.0 Å². The van der Waals surface area contributed by atoms with Crippen LogP contribution in [0.15, 0.2) is 30.5 Å². The van der Waals surface area contributed by atoms with Crippen LogP contribution in [0.5, 0.6) is 0 Å². The minimum Gasteiger partial charge on any atom is -0.481 e. The summed E-state index contributed by atoms with van der Waals surface area (Å²) in [5.41, 5.74) is 7.15. The number of H-pyrrole nitrogens is 1. The SMILES string of the molecule is CC[C@H](C)[C@H](NC(=O)[C@H](CC(C)C)NC(=O)[C@H](CC(=O)O)NC(=O)[C@H](Cc1c[nH]c2ccccc12)NC(=O)[C@H](CC(C)C)NC(=O)[C@@H](N)[C@@H](C)O)C(=O)N1CCC[C@H]1C(=O)O. The van der Waals surface area contributed by atoms with Gasteiger partial charge in [0.15, 0.2) is 0 Å². The Morgan fingerprint density at radius 1 is 0.770 bits per heavy atom. The Kier molecular flexibility index (Phi) is 18.7. The summed E-state index contributed by atoms with van der Waals surface area (Å²) < 4.78 is 0. The number of nitrogens with two attached hydrogens (primary N) is 1. The molecule has 0 aliphatic carbocycles. The summed E-state index contributed by atoms with van der Waals surface area (Å²) in [4.78, 5) is 111. The predicted octanol–water partition coefficient (Wildman–Crippen LogP) is 0.531.